The molecule has 1 aromatic rings. The minimum Gasteiger partial charge on any atom is -0.416 e. The summed E-state index contributed by atoms with van der Waals surface area (Å²) in [5.41, 5.74) is 0. The Morgan fingerprint density at radius 3 is 2.83 bits per heavy atom. The van der Waals surface area contributed by atoms with E-state index in [9.17, 15) is 9.59 Å². The Kier molecular flexibility index (Phi) is 4.19. The Morgan fingerprint density at radius 2 is 2.17 bits per heavy atom. The lowest BCUT2D eigenvalue weighted by molar-refractivity contribution is -0.124. The lowest BCUT2D eigenvalue weighted by atomic mass is 10.4. The number of rotatable bonds is 6. The van der Waals surface area contributed by atoms with E-state index in [2.05, 4.69) is 20.8 Å². The molecule has 0 aliphatic heterocycles. The zero-order valence-electron chi connectivity index (χ0n) is 9.93. The van der Waals surface area contributed by atoms with Crippen molar-refractivity contribution in [2.75, 3.05) is 19.3 Å². The first-order valence-corrected chi connectivity index (χ1v) is 6.61. The maximum absolute atomic E-state index is 11.4. The molecule has 0 unspecified atom stereocenters. The number of aromatic nitrogens is 2. The third kappa shape index (κ3) is 3.73. The van der Waals surface area contributed by atoms with Gasteiger partial charge in [-0.2, -0.15) is 0 Å². The topological polar surface area (TPSA) is 97.1 Å². The Labute approximate surface area is 108 Å². The van der Waals surface area contributed by atoms with Crippen LogP contribution in [0.5, 0.6) is 0 Å². The van der Waals surface area contributed by atoms with Gasteiger partial charge in [0.2, 0.25) is 17.7 Å². The average molecular weight is 270 g/mol. The number of hydrogen-bond donors (Lipinski definition) is 2. The van der Waals surface area contributed by atoms with E-state index in [0.717, 1.165) is 12.8 Å². The van der Waals surface area contributed by atoms with Gasteiger partial charge in [-0.3, -0.25) is 9.59 Å². The van der Waals surface area contributed by atoms with Gasteiger partial charge in [-0.1, -0.05) is 11.8 Å². The highest BCUT2D eigenvalue weighted by molar-refractivity contribution is 7.99. The van der Waals surface area contributed by atoms with Gasteiger partial charge in [0, 0.05) is 13.0 Å². The van der Waals surface area contributed by atoms with E-state index in [1.54, 1.807) is 0 Å². The second kappa shape index (κ2) is 5.85. The molecule has 0 bridgehead atoms. The fourth-order valence-corrected chi connectivity index (χ4v) is 1.82. The summed E-state index contributed by atoms with van der Waals surface area (Å²) in [6.07, 6.45) is 2.19. The summed E-state index contributed by atoms with van der Waals surface area (Å²) < 4.78 is 5.39. The third-order valence-corrected chi connectivity index (χ3v) is 3.22. The molecule has 1 fully saturated rings. The lowest BCUT2D eigenvalue weighted by Gasteiger charge is -2.02. The van der Waals surface area contributed by atoms with Gasteiger partial charge in [-0.25, -0.2) is 0 Å². The Bertz CT molecular complexity index is 444. The Morgan fingerprint density at radius 1 is 1.39 bits per heavy atom. The van der Waals surface area contributed by atoms with Crippen molar-refractivity contribution in [1.82, 2.24) is 20.8 Å². The van der Waals surface area contributed by atoms with Crippen LogP contribution in [-0.2, 0) is 9.59 Å². The highest BCUT2D eigenvalue weighted by Gasteiger charge is 2.29. The largest absolute Gasteiger partial charge is 0.416 e. The molecule has 2 rings (SSSR count). The average Bonchev–Trinajstić information content (AvgIpc) is 3.13. The van der Waals surface area contributed by atoms with E-state index in [1.807, 2.05) is 0 Å². The lowest BCUT2D eigenvalue weighted by Crippen LogP contribution is -2.35. The number of thioether (sulfide) groups is 1. The molecule has 1 aromatic heterocycles. The van der Waals surface area contributed by atoms with E-state index in [0.29, 0.717) is 17.0 Å². The minimum atomic E-state index is -0.241. The van der Waals surface area contributed by atoms with E-state index in [-0.39, 0.29) is 24.1 Å². The molecule has 1 saturated carbocycles. The molecule has 98 valence electrons. The van der Waals surface area contributed by atoms with Crippen LogP contribution < -0.4 is 10.6 Å². The highest BCUT2D eigenvalue weighted by atomic mass is 32.2. The molecule has 0 aromatic carbocycles. The molecule has 8 heteroatoms. The molecular formula is C10H14N4O3S. The Balaban J connectivity index is 1.69. The van der Waals surface area contributed by atoms with Gasteiger partial charge in [0.25, 0.3) is 5.22 Å². The molecule has 1 aliphatic rings. The predicted octanol–water partition coefficient (Wildman–Crippen LogP) is -0.0987. The summed E-state index contributed by atoms with van der Waals surface area (Å²) in [5, 5.41) is 13.1. The normalized spacial score (nSPS) is 14.3. The molecule has 1 aliphatic carbocycles. The molecule has 18 heavy (non-hydrogen) atoms. The zero-order chi connectivity index (χ0) is 13.0. The fraction of sp³-hybridized carbons (Fsp3) is 0.600. The van der Waals surface area contributed by atoms with Crippen molar-refractivity contribution in [2.45, 2.75) is 24.0 Å². The van der Waals surface area contributed by atoms with Crippen molar-refractivity contribution in [2.24, 2.45) is 0 Å². The van der Waals surface area contributed by atoms with Crippen molar-refractivity contribution in [3.8, 4) is 0 Å². The van der Waals surface area contributed by atoms with E-state index in [1.165, 1.54) is 18.8 Å². The number of nitrogens with zero attached hydrogens (tertiary/aromatic N) is 2. The van der Waals surface area contributed by atoms with Gasteiger partial charge in [0.1, 0.15) is 0 Å². The summed E-state index contributed by atoms with van der Waals surface area (Å²) in [6.45, 7) is -0.0208. The smallest absolute Gasteiger partial charge is 0.277 e. The highest BCUT2D eigenvalue weighted by Crippen LogP contribution is 2.39. The third-order valence-electron chi connectivity index (χ3n) is 2.40. The van der Waals surface area contributed by atoms with Crippen LogP contribution >= 0.6 is 11.8 Å². The molecule has 0 atom stereocenters. The summed E-state index contributed by atoms with van der Waals surface area (Å²) in [4.78, 5) is 22.3. The number of hydrogen-bond acceptors (Lipinski definition) is 6. The van der Waals surface area contributed by atoms with Gasteiger partial charge in [-0.15, -0.1) is 10.2 Å². The molecule has 0 radical (unpaired) electrons. The van der Waals surface area contributed by atoms with Crippen LogP contribution in [0.2, 0.25) is 0 Å². The van der Waals surface area contributed by atoms with Crippen LogP contribution in [0.1, 0.15) is 24.7 Å². The van der Waals surface area contributed by atoms with Gasteiger partial charge < -0.3 is 15.1 Å². The molecular weight excluding hydrogens is 256 g/mol. The molecule has 2 amide bonds. The second-order valence-electron chi connectivity index (χ2n) is 3.92. The SMILES string of the molecule is CNC(=O)CNC(=O)CSc1nnc(C2CC2)o1. The van der Waals surface area contributed by atoms with Crippen molar-refractivity contribution >= 4 is 23.6 Å². The quantitative estimate of drug-likeness (QED) is 0.701. The summed E-state index contributed by atoms with van der Waals surface area (Å²) in [5.74, 6) is 0.748. The molecule has 0 saturated heterocycles. The summed E-state index contributed by atoms with van der Waals surface area (Å²) in [6, 6.07) is 0. The minimum absolute atomic E-state index is 0.0208. The van der Waals surface area contributed by atoms with E-state index >= 15 is 0 Å². The first-order chi connectivity index (χ1) is 8.69. The van der Waals surface area contributed by atoms with Crippen LogP contribution in [0.15, 0.2) is 9.64 Å². The van der Waals surface area contributed by atoms with E-state index < -0.39 is 0 Å². The molecule has 0 spiro atoms. The van der Waals surface area contributed by atoms with Crippen molar-refractivity contribution in [3.05, 3.63) is 5.89 Å². The summed E-state index contributed by atoms with van der Waals surface area (Å²) in [7, 11) is 1.51. The molecule has 1 heterocycles. The first-order valence-electron chi connectivity index (χ1n) is 5.62. The zero-order valence-corrected chi connectivity index (χ0v) is 10.7. The van der Waals surface area contributed by atoms with Gasteiger partial charge in [0.15, 0.2) is 0 Å². The maximum Gasteiger partial charge on any atom is 0.277 e. The van der Waals surface area contributed by atoms with Crippen LogP contribution in [0, 0.1) is 0 Å². The van der Waals surface area contributed by atoms with Gasteiger partial charge in [0.05, 0.1) is 12.3 Å². The number of nitrogens with one attached hydrogen (secondary N) is 2. The Hall–Kier alpha value is -1.57. The first kappa shape index (κ1) is 12.9. The van der Waals surface area contributed by atoms with E-state index in [4.69, 9.17) is 4.42 Å². The van der Waals surface area contributed by atoms with Gasteiger partial charge in [-0.05, 0) is 12.8 Å². The maximum atomic E-state index is 11.4. The second-order valence-corrected chi connectivity index (χ2v) is 4.85. The van der Waals surface area contributed by atoms with Crippen molar-refractivity contribution < 1.29 is 14.0 Å². The number of carbonyl (C=O) groups excluding carboxylic acids is 2. The van der Waals surface area contributed by atoms with Crippen LogP contribution in [0.25, 0.3) is 0 Å². The van der Waals surface area contributed by atoms with Gasteiger partial charge >= 0.3 is 0 Å². The number of likely N-dealkylation sites (N-methyl/N-ethyl adjacent to an activating group) is 1. The standard InChI is InChI=1S/C10H14N4O3S/c1-11-7(15)4-12-8(16)5-18-10-14-13-9(17-10)6-2-3-6/h6H,2-5H2,1H3,(H,11,15)(H,12,16). The van der Waals surface area contributed by atoms with Crippen molar-refractivity contribution in [1.29, 1.82) is 0 Å². The number of carbonyl (C=O) groups is 2. The molecule has 7 nitrogen and oxygen atoms in total. The van der Waals surface area contributed by atoms with Crippen molar-refractivity contribution in [3.63, 3.8) is 0 Å². The number of amides is 2. The van der Waals surface area contributed by atoms with Crippen LogP contribution in [-0.4, -0.2) is 41.4 Å². The fourth-order valence-electron chi connectivity index (χ4n) is 1.22. The van der Waals surface area contributed by atoms with Crippen LogP contribution in [0.3, 0.4) is 0 Å². The van der Waals surface area contributed by atoms with Crippen LogP contribution in [0.4, 0.5) is 0 Å². The predicted molar refractivity (Wildman–Crippen MR) is 64.1 cm³/mol. The monoisotopic (exact) mass is 270 g/mol. The summed E-state index contributed by atoms with van der Waals surface area (Å²) >= 11 is 1.17. The molecule has 2 N–H and O–H groups in total.